The molecule has 1 atom stereocenters. The van der Waals surface area contributed by atoms with Gasteiger partial charge in [0.2, 0.25) is 0 Å². The average molecular weight is 232 g/mol. The zero-order valence-electron chi connectivity index (χ0n) is 10.8. The maximum Gasteiger partial charge on any atom is 0.00234 e. The smallest absolute Gasteiger partial charge is 0.00234 e. The largest absolute Gasteiger partial charge is 0.317 e. The van der Waals surface area contributed by atoms with Crippen molar-refractivity contribution in [3.63, 3.8) is 0 Å². The molecule has 0 aliphatic heterocycles. The van der Waals surface area contributed by atoms with Crippen molar-refractivity contribution in [2.24, 2.45) is 0 Å². The summed E-state index contributed by atoms with van der Waals surface area (Å²) in [6.07, 6.45) is 3.72. The summed E-state index contributed by atoms with van der Waals surface area (Å²) in [6, 6.07) is 8.82. The Labute approximate surface area is 105 Å². The number of rotatable bonds is 8. The van der Waals surface area contributed by atoms with Crippen LogP contribution < -0.4 is 10.6 Å². The molecular weight excluding hydrogens is 208 g/mol. The number of nitrogens with one attached hydrogen (secondary N) is 2. The summed E-state index contributed by atoms with van der Waals surface area (Å²) >= 11 is 0. The fraction of sp³-hybridized carbons (Fsp3) is 0.600. The third-order valence-corrected chi connectivity index (χ3v) is 3.49. The van der Waals surface area contributed by atoms with Gasteiger partial charge in [-0.05, 0) is 50.0 Å². The average Bonchev–Trinajstić information content (AvgIpc) is 2.33. The molecule has 0 radical (unpaired) electrons. The number of hydrogen-bond donors (Lipinski definition) is 2. The van der Waals surface area contributed by atoms with Gasteiger partial charge in [0.15, 0.2) is 0 Å². The summed E-state index contributed by atoms with van der Waals surface area (Å²) in [5.74, 6) is 0.759. The standard InChI is InChI=1S/C15H24N2/c1-2-8-16-9-5-10-17-12-14-11-13-6-3-4-7-15(13)14/h3-4,6-7,14,16-17H,2,5,8-12H2,1H3. The van der Waals surface area contributed by atoms with Gasteiger partial charge in [-0.3, -0.25) is 0 Å². The van der Waals surface area contributed by atoms with E-state index in [-0.39, 0.29) is 0 Å². The van der Waals surface area contributed by atoms with Gasteiger partial charge >= 0.3 is 0 Å². The minimum Gasteiger partial charge on any atom is -0.317 e. The maximum absolute atomic E-state index is 3.57. The van der Waals surface area contributed by atoms with Crippen LogP contribution in [0.1, 0.15) is 36.8 Å². The van der Waals surface area contributed by atoms with Crippen LogP contribution in [0.15, 0.2) is 24.3 Å². The van der Waals surface area contributed by atoms with Crippen molar-refractivity contribution >= 4 is 0 Å². The molecule has 2 nitrogen and oxygen atoms in total. The maximum atomic E-state index is 3.57. The van der Waals surface area contributed by atoms with Gasteiger partial charge in [0.05, 0.1) is 0 Å². The van der Waals surface area contributed by atoms with Gasteiger partial charge in [-0.1, -0.05) is 31.2 Å². The Bertz CT molecular complexity index is 335. The van der Waals surface area contributed by atoms with Crippen molar-refractivity contribution in [3.8, 4) is 0 Å². The lowest BCUT2D eigenvalue weighted by Crippen LogP contribution is -2.30. The van der Waals surface area contributed by atoms with E-state index in [0.29, 0.717) is 0 Å². The number of fused-ring (bicyclic) bond motifs is 1. The molecule has 17 heavy (non-hydrogen) atoms. The molecule has 2 N–H and O–H groups in total. The van der Waals surface area contributed by atoms with Gasteiger partial charge in [0.25, 0.3) is 0 Å². The zero-order chi connectivity index (χ0) is 11.9. The highest BCUT2D eigenvalue weighted by atomic mass is 14.9. The van der Waals surface area contributed by atoms with Gasteiger partial charge in [-0.2, -0.15) is 0 Å². The molecule has 2 rings (SSSR count). The lowest BCUT2D eigenvalue weighted by Gasteiger charge is -2.30. The van der Waals surface area contributed by atoms with E-state index in [1.165, 1.54) is 19.3 Å². The lowest BCUT2D eigenvalue weighted by atomic mass is 9.77. The van der Waals surface area contributed by atoms with Crippen LogP contribution in [-0.4, -0.2) is 26.2 Å². The second-order valence-electron chi connectivity index (χ2n) is 4.91. The van der Waals surface area contributed by atoms with Crippen LogP contribution >= 0.6 is 0 Å². The fourth-order valence-electron chi connectivity index (χ4n) is 2.46. The molecule has 1 aromatic carbocycles. The summed E-state index contributed by atoms with van der Waals surface area (Å²) < 4.78 is 0. The van der Waals surface area contributed by atoms with Crippen molar-refractivity contribution in [2.75, 3.05) is 26.2 Å². The Kier molecular flexibility index (Phi) is 5.02. The highest BCUT2D eigenvalue weighted by Crippen LogP contribution is 2.33. The van der Waals surface area contributed by atoms with E-state index in [1.807, 2.05) is 0 Å². The fourth-order valence-corrected chi connectivity index (χ4v) is 2.46. The number of benzene rings is 1. The molecule has 0 heterocycles. The van der Waals surface area contributed by atoms with E-state index in [1.54, 1.807) is 11.1 Å². The molecule has 0 saturated heterocycles. The van der Waals surface area contributed by atoms with Crippen LogP contribution in [0.4, 0.5) is 0 Å². The van der Waals surface area contributed by atoms with E-state index in [0.717, 1.165) is 32.1 Å². The normalized spacial score (nSPS) is 17.6. The Morgan fingerprint density at radius 1 is 1.12 bits per heavy atom. The predicted octanol–water partition coefficient (Wildman–Crippen LogP) is 2.31. The molecule has 0 fully saturated rings. The lowest BCUT2D eigenvalue weighted by molar-refractivity contribution is 0.519. The summed E-state index contributed by atoms with van der Waals surface area (Å²) in [4.78, 5) is 0. The van der Waals surface area contributed by atoms with Gasteiger partial charge in [0, 0.05) is 12.5 Å². The molecule has 1 aromatic rings. The van der Waals surface area contributed by atoms with E-state index in [4.69, 9.17) is 0 Å². The van der Waals surface area contributed by atoms with Crippen LogP contribution in [-0.2, 0) is 6.42 Å². The summed E-state index contributed by atoms with van der Waals surface area (Å²) in [6.45, 7) is 6.78. The minimum atomic E-state index is 0.759. The molecule has 2 heteroatoms. The topological polar surface area (TPSA) is 24.1 Å². The Morgan fingerprint density at radius 2 is 1.94 bits per heavy atom. The highest BCUT2D eigenvalue weighted by Gasteiger charge is 2.24. The summed E-state index contributed by atoms with van der Waals surface area (Å²) in [7, 11) is 0. The van der Waals surface area contributed by atoms with Gasteiger partial charge in [0.1, 0.15) is 0 Å². The second-order valence-corrected chi connectivity index (χ2v) is 4.91. The molecule has 1 aliphatic rings. The van der Waals surface area contributed by atoms with Crippen molar-refractivity contribution < 1.29 is 0 Å². The van der Waals surface area contributed by atoms with Gasteiger partial charge < -0.3 is 10.6 Å². The van der Waals surface area contributed by atoms with Crippen LogP contribution in [0.2, 0.25) is 0 Å². The Hall–Kier alpha value is -0.860. The first-order valence-corrected chi connectivity index (χ1v) is 6.91. The monoisotopic (exact) mass is 232 g/mol. The third kappa shape index (κ3) is 3.55. The van der Waals surface area contributed by atoms with Crippen LogP contribution in [0, 0.1) is 0 Å². The molecule has 1 aliphatic carbocycles. The van der Waals surface area contributed by atoms with Crippen molar-refractivity contribution in [1.82, 2.24) is 10.6 Å². The predicted molar refractivity (Wildman–Crippen MR) is 73.5 cm³/mol. The van der Waals surface area contributed by atoms with E-state index < -0.39 is 0 Å². The van der Waals surface area contributed by atoms with Gasteiger partial charge in [-0.15, -0.1) is 0 Å². The first-order chi connectivity index (χ1) is 8.42. The van der Waals surface area contributed by atoms with Gasteiger partial charge in [-0.25, -0.2) is 0 Å². The van der Waals surface area contributed by atoms with E-state index in [9.17, 15) is 0 Å². The summed E-state index contributed by atoms with van der Waals surface area (Å²) in [5.41, 5.74) is 3.10. The molecule has 94 valence electrons. The Balaban J connectivity index is 1.53. The second kappa shape index (κ2) is 6.77. The first-order valence-electron chi connectivity index (χ1n) is 6.91. The Morgan fingerprint density at radius 3 is 2.76 bits per heavy atom. The highest BCUT2D eigenvalue weighted by molar-refractivity contribution is 5.40. The molecule has 0 spiro atoms. The molecular formula is C15H24N2. The van der Waals surface area contributed by atoms with Crippen molar-refractivity contribution in [3.05, 3.63) is 35.4 Å². The first kappa shape index (κ1) is 12.6. The van der Waals surface area contributed by atoms with Crippen molar-refractivity contribution in [1.29, 1.82) is 0 Å². The van der Waals surface area contributed by atoms with Crippen LogP contribution in [0.3, 0.4) is 0 Å². The van der Waals surface area contributed by atoms with Crippen molar-refractivity contribution in [2.45, 2.75) is 32.1 Å². The third-order valence-electron chi connectivity index (χ3n) is 3.49. The zero-order valence-corrected chi connectivity index (χ0v) is 10.8. The molecule has 0 amide bonds. The van der Waals surface area contributed by atoms with E-state index in [2.05, 4.69) is 41.8 Å². The van der Waals surface area contributed by atoms with E-state index >= 15 is 0 Å². The molecule has 0 bridgehead atoms. The van der Waals surface area contributed by atoms with Crippen LogP contribution in [0.5, 0.6) is 0 Å². The van der Waals surface area contributed by atoms with Crippen LogP contribution in [0.25, 0.3) is 0 Å². The summed E-state index contributed by atoms with van der Waals surface area (Å²) in [5, 5.41) is 6.99. The molecule has 0 saturated carbocycles. The minimum absolute atomic E-state index is 0.759. The quantitative estimate of drug-likeness (QED) is 0.672. The molecule has 1 unspecified atom stereocenters. The molecule has 0 aromatic heterocycles. The number of hydrogen-bond acceptors (Lipinski definition) is 2. The SMILES string of the molecule is CCCNCCCNCC1Cc2ccccc21.